The molecule has 0 atom stereocenters. The topological polar surface area (TPSA) is 95.3 Å². The van der Waals surface area contributed by atoms with Crippen molar-refractivity contribution in [3.63, 3.8) is 0 Å². The van der Waals surface area contributed by atoms with E-state index in [0.29, 0.717) is 31.2 Å². The Kier molecular flexibility index (Phi) is 5.57. The van der Waals surface area contributed by atoms with Gasteiger partial charge in [0.25, 0.3) is 0 Å². The lowest BCUT2D eigenvalue weighted by atomic mass is 10.1. The summed E-state index contributed by atoms with van der Waals surface area (Å²) in [7, 11) is 3.76. The third kappa shape index (κ3) is 4.34. The summed E-state index contributed by atoms with van der Waals surface area (Å²) in [5, 5.41) is 4.14. The molecule has 1 aliphatic heterocycles. The Morgan fingerprint density at radius 2 is 2.19 bits per heavy atom. The first-order valence-electron chi connectivity index (χ1n) is 10.9. The lowest BCUT2D eigenvalue weighted by Crippen LogP contribution is -2.38. The molecule has 1 saturated heterocycles. The average Bonchev–Trinajstić information content (AvgIpc) is 3.38. The van der Waals surface area contributed by atoms with Gasteiger partial charge in [0.15, 0.2) is 11.6 Å². The number of aryl methyl sites for hydroxylation is 2. The first-order chi connectivity index (χ1) is 15.5. The minimum Gasteiger partial charge on any atom is -0.485 e. The lowest BCUT2D eigenvalue weighted by Gasteiger charge is -2.26. The molecular formula is C23H26N6O3. The standard InChI is InChI=1S/C23H26N6O3/c1-28(12-16(30)8-15-10-25-29(2)11-15)23-19-4-3-5-20(19)26-22(27-23)21-9-17(6-7-24-21)32-18-13-31-14-18/h6-7,9-11,18H,3-5,8,12-14H2,1-2H3. The maximum absolute atomic E-state index is 12.7. The van der Waals surface area contributed by atoms with E-state index in [4.69, 9.17) is 19.4 Å². The van der Waals surface area contributed by atoms with Gasteiger partial charge in [0.2, 0.25) is 0 Å². The first kappa shape index (κ1) is 20.6. The van der Waals surface area contributed by atoms with Gasteiger partial charge in [-0.15, -0.1) is 0 Å². The van der Waals surface area contributed by atoms with Crippen LogP contribution in [0.2, 0.25) is 0 Å². The van der Waals surface area contributed by atoms with Gasteiger partial charge in [0.1, 0.15) is 23.4 Å². The Hall–Kier alpha value is -3.33. The van der Waals surface area contributed by atoms with Crippen molar-refractivity contribution in [3.8, 4) is 17.3 Å². The van der Waals surface area contributed by atoms with E-state index in [2.05, 4.69) is 10.1 Å². The van der Waals surface area contributed by atoms with Gasteiger partial charge in [-0.25, -0.2) is 9.97 Å². The summed E-state index contributed by atoms with van der Waals surface area (Å²) in [5.74, 6) is 2.21. The Bertz CT molecular complexity index is 1140. The molecule has 4 heterocycles. The summed E-state index contributed by atoms with van der Waals surface area (Å²) >= 11 is 0. The van der Waals surface area contributed by atoms with Crippen LogP contribution >= 0.6 is 0 Å². The number of carbonyl (C=O) groups is 1. The van der Waals surface area contributed by atoms with E-state index in [1.54, 1.807) is 17.1 Å². The number of hydrogen-bond donors (Lipinski definition) is 0. The van der Waals surface area contributed by atoms with Gasteiger partial charge in [0.05, 0.1) is 26.0 Å². The minimum absolute atomic E-state index is 0.0821. The van der Waals surface area contributed by atoms with Crippen molar-refractivity contribution in [3.05, 3.63) is 47.5 Å². The predicted molar refractivity (Wildman–Crippen MR) is 118 cm³/mol. The van der Waals surface area contributed by atoms with Crippen LogP contribution in [-0.2, 0) is 35.8 Å². The van der Waals surface area contributed by atoms with Gasteiger partial charge in [-0.3, -0.25) is 14.5 Å². The molecule has 1 aliphatic carbocycles. The zero-order chi connectivity index (χ0) is 22.1. The second-order valence-electron chi connectivity index (χ2n) is 8.40. The first-order valence-corrected chi connectivity index (χ1v) is 10.9. The van der Waals surface area contributed by atoms with Gasteiger partial charge in [-0.05, 0) is 30.9 Å². The molecule has 0 aromatic carbocycles. The molecule has 0 unspecified atom stereocenters. The van der Waals surface area contributed by atoms with Crippen LogP contribution in [-0.4, -0.2) is 63.4 Å². The second kappa shape index (κ2) is 8.66. The summed E-state index contributed by atoms with van der Waals surface area (Å²) in [4.78, 5) is 28.7. The zero-order valence-corrected chi connectivity index (χ0v) is 18.3. The number of rotatable bonds is 8. The highest BCUT2D eigenvalue weighted by Crippen LogP contribution is 2.31. The number of fused-ring (bicyclic) bond motifs is 1. The highest BCUT2D eigenvalue weighted by atomic mass is 16.6. The Labute approximate surface area is 186 Å². The maximum Gasteiger partial charge on any atom is 0.180 e. The summed E-state index contributed by atoms with van der Waals surface area (Å²) in [6.07, 6.45) is 8.61. The Morgan fingerprint density at radius 3 is 2.94 bits per heavy atom. The molecule has 9 nitrogen and oxygen atoms in total. The van der Waals surface area contributed by atoms with Gasteiger partial charge < -0.3 is 14.4 Å². The van der Waals surface area contributed by atoms with Gasteiger partial charge in [-0.1, -0.05) is 0 Å². The fourth-order valence-corrected chi connectivity index (χ4v) is 4.11. The fraction of sp³-hybridized carbons (Fsp3) is 0.435. The molecule has 1 fully saturated rings. The van der Waals surface area contributed by atoms with Gasteiger partial charge in [-0.2, -0.15) is 5.10 Å². The monoisotopic (exact) mass is 434 g/mol. The quantitative estimate of drug-likeness (QED) is 0.530. The number of pyridine rings is 1. The molecule has 0 amide bonds. The summed E-state index contributed by atoms with van der Waals surface area (Å²) in [5.41, 5.74) is 3.74. The highest BCUT2D eigenvalue weighted by Gasteiger charge is 2.24. The molecule has 0 radical (unpaired) electrons. The number of anilines is 1. The minimum atomic E-state index is 0.0821. The summed E-state index contributed by atoms with van der Waals surface area (Å²) < 4.78 is 12.8. The molecule has 166 valence electrons. The number of ether oxygens (including phenoxy) is 2. The molecule has 0 saturated carbocycles. The van der Waals surface area contributed by atoms with E-state index in [-0.39, 0.29) is 18.4 Å². The highest BCUT2D eigenvalue weighted by molar-refractivity contribution is 5.85. The normalized spacial score (nSPS) is 15.3. The van der Waals surface area contributed by atoms with E-state index < -0.39 is 0 Å². The van der Waals surface area contributed by atoms with Crippen LogP contribution < -0.4 is 9.64 Å². The van der Waals surface area contributed by atoms with E-state index in [0.717, 1.165) is 47.7 Å². The predicted octanol–water partition coefficient (Wildman–Crippen LogP) is 1.79. The van der Waals surface area contributed by atoms with Crippen molar-refractivity contribution in [2.24, 2.45) is 7.05 Å². The van der Waals surface area contributed by atoms with Crippen molar-refractivity contribution in [2.45, 2.75) is 31.8 Å². The van der Waals surface area contributed by atoms with Crippen molar-refractivity contribution in [1.82, 2.24) is 24.7 Å². The van der Waals surface area contributed by atoms with E-state index >= 15 is 0 Å². The molecule has 5 rings (SSSR count). The number of ketones is 1. The molecule has 9 heteroatoms. The number of aromatic nitrogens is 5. The van der Waals surface area contributed by atoms with Gasteiger partial charge in [0, 0.05) is 50.2 Å². The van der Waals surface area contributed by atoms with Crippen LogP contribution in [0.3, 0.4) is 0 Å². The van der Waals surface area contributed by atoms with Crippen LogP contribution in [0.25, 0.3) is 11.5 Å². The number of Topliss-reactive ketones (excluding diaryl/α,β-unsaturated/α-hetero) is 1. The lowest BCUT2D eigenvalue weighted by molar-refractivity contribution is -0.117. The van der Waals surface area contributed by atoms with Crippen LogP contribution in [0.1, 0.15) is 23.2 Å². The van der Waals surface area contributed by atoms with Gasteiger partial charge >= 0.3 is 0 Å². The van der Waals surface area contributed by atoms with E-state index in [9.17, 15) is 4.79 Å². The van der Waals surface area contributed by atoms with E-state index in [1.165, 1.54) is 0 Å². The van der Waals surface area contributed by atoms with Crippen molar-refractivity contribution < 1.29 is 14.3 Å². The molecule has 3 aromatic heterocycles. The average molecular weight is 435 g/mol. The van der Waals surface area contributed by atoms with Crippen LogP contribution in [0.4, 0.5) is 5.82 Å². The Morgan fingerprint density at radius 1 is 1.31 bits per heavy atom. The third-order valence-corrected chi connectivity index (χ3v) is 5.72. The molecule has 0 bridgehead atoms. The maximum atomic E-state index is 12.7. The number of carbonyl (C=O) groups excluding carboxylic acids is 1. The fourth-order valence-electron chi connectivity index (χ4n) is 4.11. The van der Waals surface area contributed by atoms with Crippen LogP contribution in [0.5, 0.6) is 5.75 Å². The molecule has 32 heavy (non-hydrogen) atoms. The van der Waals surface area contributed by atoms with Crippen molar-refractivity contribution in [2.75, 3.05) is 31.7 Å². The Balaban J connectivity index is 1.38. The number of nitrogens with zero attached hydrogens (tertiary/aromatic N) is 6. The SMILES string of the molecule is CN(CC(=O)Cc1cnn(C)c1)c1nc(-c2cc(OC3COC3)ccn2)nc2c1CCC2. The largest absolute Gasteiger partial charge is 0.485 e. The molecule has 3 aromatic rings. The molecule has 0 spiro atoms. The van der Waals surface area contributed by atoms with Crippen LogP contribution in [0.15, 0.2) is 30.7 Å². The van der Waals surface area contributed by atoms with Crippen molar-refractivity contribution >= 4 is 11.6 Å². The second-order valence-corrected chi connectivity index (χ2v) is 8.40. The molecule has 0 N–H and O–H groups in total. The number of hydrogen-bond acceptors (Lipinski definition) is 8. The number of likely N-dealkylation sites (N-methyl/N-ethyl adjacent to an activating group) is 1. The van der Waals surface area contributed by atoms with E-state index in [1.807, 2.05) is 37.3 Å². The summed E-state index contributed by atoms with van der Waals surface area (Å²) in [6.45, 7) is 1.49. The molecule has 2 aliphatic rings. The summed E-state index contributed by atoms with van der Waals surface area (Å²) in [6, 6.07) is 3.70. The third-order valence-electron chi connectivity index (χ3n) is 5.72. The zero-order valence-electron chi connectivity index (χ0n) is 18.3. The smallest absolute Gasteiger partial charge is 0.180 e. The van der Waals surface area contributed by atoms with Crippen molar-refractivity contribution in [1.29, 1.82) is 0 Å². The van der Waals surface area contributed by atoms with Crippen LogP contribution in [0, 0.1) is 0 Å². The molecular weight excluding hydrogens is 408 g/mol.